The summed E-state index contributed by atoms with van der Waals surface area (Å²) in [5.74, 6) is -0.349. The zero-order valence-electron chi connectivity index (χ0n) is 12.2. The first kappa shape index (κ1) is 15.1. The average molecular weight is 284 g/mol. The van der Waals surface area contributed by atoms with Crippen LogP contribution in [-0.4, -0.2) is 53.3 Å². The number of urea groups is 1. The van der Waals surface area contributed by atoms with Gasteiger partial charge in [0.25, 0.3) is 0 Å². The van der Waals surface area contributed by atoms with Gasteiger partial charge < -0.3 is 20.1 Å². The van der Waals surface area contributed by atoms with Crippen LogP contribution in [0.2, 0.25) is 0 Å². The van der Waals surface area contributed by atoms with Gasteiger partial charge >= 0.3 is 12.0 Å². The maximum absolute atomic E-state index is 12.4. The molecule has 6 heteroatoms. The number of likely N-dealkylation sites (tertiary alicyclic amines) is 1. The predicted molar refractivity (Wildman–Crippen MR) is 73.5 cm³/mol. The predicted octanol–water partition coefficient (Wildman–Crippen LogP) is 1.45. The Bertz CT molecular complexity index is 379. The molecular formula is C14H24N2O4. The molecule has 2 atom stereocenters. The van der Waals surface area contributed by atoms with E-state index in [2.05, 4.69) is 12.2 Å². The third kappa shape index (κ3) is 3.06. The number of aliphatic carboxylic acids is 1. The van der Waals surface area contributed by atoms with Gasteiger partial charge in [-0.2, -0.15) is 0 Å². The van der Waals surface area contributed by atoms with Crippen LogP contribution in [0.25, 0.3) is 0 Å². The Balaban J connectivity index is 2.03. The Morgan fingerprint density at radius 1 is 1.30 bits per heavy atom. The van der Waals surface area contributed by atoms with Crippen LogP contribution in [0.3, 0.4) is 0 Å². The van der Waals surface area contributed by atoms with E-state index in [4.69, 9.17) is 4.74 Å². The first-order chi connectivity index (χ1) is 9.44. The number of nitrogens with zero attached hydrogens (tertiary/aromatic N) is 1. The van der Waals surface area contributed by atoms with Crippen molar-refractivity contribution in [1.82, 2.24) is 10.2 Å². The number of amides is 2. The number of rotatable bonds is 2. The van der Waals surface area contributed by atoms with Crippen LogP contribution < -0.4 is 5.32 Å². The molecule has 0 aliphatic carbocycles. The van der Waals surface area contributed by atoms with Crippen LogP contribution >= 0.6 is 0 Å². The van der Waals surface area contributed by atoms with Gasteiger partial charge in [0.1, 0.15) is 5.54 Å². The van der Waals surface area contributed by atoms with Crippen LogP contribution in [0.5, 0.6) is 0 Å². The Morgan fingerprint density at radius 2 is 1.95 bits per heavy atom. The van der Waals surface area contributed by atoms with E-state index < -0.39 is 11.5 Å². The summed E-state index contributed by atoms with van der Waals surface area (Å²) in [5, 5.41) is 12.2. The fourth-order valence-corrected chi connectivity index (χ4v) is 3.10. The molecular weight excluding hydrogens is 260 g/mol. The maximum atomic E-state index is 12.4. The summed E-state index contributed by atoms with van der Waals surface area (Å²) >= 11 is 0. The Labute approximate surface area is 119 Å². The van der Waals surface area contributed by atoms with Crippen LogP contribution in [0.1, 0.15) is 39.5 Å². The number of hydrogen-bond donors (Lipinski definition) is 2. The van der Waals surface area contributed by atoms with Gasteiger partial charge in [0, 0.05) is 38.6 Å². The molecule has 2 rings (SSSR count). The zero-order chi connectivity index (χ0) is 14.8. The number of hydrogen-bond acceptors (Lipinski definition) is 3. The molecule has 20 heavy (non-hydrogen) atoms. The lowest BCUT2D eigenvalue weighted by Gasteiger charge is -2.40. The SMILES string of the molecule is CC1CCN(C(=O)NC2(C(=O)O)CCOCC2)C(C)C1. The molecule has 0 spiro atoms. The molecule has 2 aliphatic heterocycles. The highest BCUT2D eigenvalue weighted by atomic mass is 16.5. The smallest absolute Gasteiger partial charge is 0.329 e. The number of carboxylic acids is 1. The maximum Gasteiger partial charge on any atom is 0.329 e. The molecule has 114 valence electrons. The molecule has 2 fully saturated rings. The minimum Gasteiger partial charge on any atom is -0.480 e. The Morgan fingerprint density at radius 3 is 2.50 bits per heavy atom. The van der Waals surface area contributed by atoms with Crippen molar-refractivity contribution in [3.8, 4) is 0 Å². The number of carboxylic acid groups (broad SMARTS) is 1. The number of carbonyl (C=O) groups is 2. The molecule has 0 radical (unpaired) electrons. The normalized spacial score (nSPS) is 29.8. The average Bonchev–Trinajstić information content (AvgIpc) is 2.39. The number of carbonyl (C=O) groups excluding carboxylic acids is 1. The largest absolute Gasteiger partial charge is 0.480 e. The number of piperidine rings is 1. The third-order valence-corrected chi connectivity index (χ3v) is 4.50. The highest BCUT2D eigenvalue weighted by Gasteiger charge is 2.43. The van der Waals surface area contributed by atoms with Crippen molar-refractivity contribution in [2.24, 2.45) is 5.92 Å². The van der Waals surface area contributed by atoms with E-state index in [0.29, 0.717) is 38.5 Å². The summed E-state index contributed by atoms with van der Waals surface area (Å²) in [7, 11) is 0. The van der Waals surface area contributed by atoms with Gasteiger partial charge in [-0.25, -0.2) is 9.59 Å². The van der Waals surface area contributed by atoms with Gasteiger partial charge in [0.2, 0.25) is 0 Å². The van der Waals surface area contributed by atoms with Gasteiger partial charge in [-0.15, -0.1) is 0 Å². The Kier molecular flexibility index (Phi) is 4.52. The fraction of sp³-hybridized carbons (Fsp3) is 0.857. The van der Waals surface area contributed by atoms with Crippen LogP contribution in [0.15, 0.2) is 0 Å². The molecule has 0 saturated carbocycles. The lowest BCUT2D eigenvalue weighted by Crippen LogP contribution is -2.61. The number of ether oxygens (including phenoxy) is 1. The minimum absolute atomic E-state index is 0.157. The van der Waals surface area contributed by atoms with E-state index in [1.54, 1.807) is 4.90 Å². The molecule has 2 heterocycles. The molecule has 0 bridgehead atoms. The second-order valence-electron chi connectivity index (χ2n) is 6.10. The molecule has 6 nitrogen and oxygen atoms in total. The van der Waals surface area contributed by atoms with Gasteiger partial charge in [0.15, 0.2) is 0 Å². The second-order valence-corrected chi connectivity index (χ2v) is 6.10. The molecule has 2 unspecified atom stereocenters. The summed E-state index contributed by atoms with van der Waals surface area (Å²) < 4.78 is 5.21. The Hall–Kier alpha value is -1.30. The molecule has 2 amide bonds. The van der Waals surface area contributed by atoms with Crippen molar-refractivity contribution in [2.75, 3.05) is 19.8 Å². The highest BCUT2D eigenvalue weighted by molar-refractivity contribution is 5.86. The number of nitrogens with one attached hydrogen (secondary N) is 1. The minimum atomic E-state index is -1.17. The summed E-state index contributed by atoms with van der Waals surface area (Å²) in [4.78, 5) is 25.7. The van der Waals surface area contributed by atoms with Gasteiger partial charge in [0.05, 0.1) is 0 Å². The lowest BCUT2D eigenvalue weighted by molar-refractivity contribution is -0.148. The molecule has 2 aliphatic rings. The van der Waals surface area contributed by atoms with Crippen LogP contribution in [0, 0.1) is 5.92 Å². The van der Waals surface area contributed by atoms with E-state index >= 15 is 0 Å². The van der Waals surface area contributed by atoms with Crippen molar-refractivity contribution in [2.45, 2.75) is 51.1 Å². The van der Waals surface area contributed by atoms with Crippen molar-refractivity contribution in [1.29, 1.82) is 0 Å². The van der Waals surface area contributed by atoms with E-state index in [9.17, 15) is 14.7 Å². The van der Waals surface area contributed by atoms with Gasteiger partial charge in [-0.3, -0.25) is 0 Å². The summed E-state index contributed by atoms with van der Waals surface area (Å²) in [5.41, 5.74) is -1.17. The van der Waals surface area contributed by atoms with E-state index in [0.717, 1.165) is 12.8 Å². The zero-order valence-corrected chi connectivity index (χ0v) is 12.2. The van der Waals surface area contributed by atoms with E-state index in [-0.39, 0.29) is 12.1 Å². The first-order valence-electron chi connectivity index (χ1n) is 7.34. The van der Waals surface area contributed by atoms with Gasteiger partial charge in [-0.1, -0.05) is 6.92 Å². The summed E-state index contributed by atoms with van der Waals surface area (Å²) in [6, 6.07) is -0.0989. The van der Waals surface area contributed by atoms with E-state index in [1.807, 2.05) is 6.92 Å². The van der Waals surface area contributed by atoms with Gasteiger partial charge in [-0.05, 0) is 25.7 Å². The van der Waals surface area contributed by atoms with Crippen molar-refractivity contribution < 1.29 is 19.4 Å². The molecule has 0 aromatic rings. The molecule has 2 saturated heterocycles. The summed E-state index contributed by atoms with van der Waals surface area (Å²) in [6.07, 6.45) is 2.59. The lowest BCUT2D eigenvalue weighted by atomic mass is 9.90. The standard InChI is InChI=1S/C14H24N2O4/c1-10-3-6-16(11(2)9-10)13(19)15-14(12(17)18)4-7-20-8-5-14/h10-11H,3-9H2,1-2H3,(H,15,19)(H,17,18). The molecule has 2 N–H and O–H groups in total. The topological polar surface area (TPSA) is 78.9 Å². The molecule has 0 aromatic carbocycles. The third-order valence-electron chi connectivity index (χ3n) is 4.50. The summed E-state index contributed by atoms with van der Waals surface area (Å²) in [6.45, 7) is 5.65. The highest BCUT2D eigenvalue weighted by Crippen LogP contribution is 2.25. The van der Waals surface area contributed by atoms with E-state index in [1.165, 1.54) is 0 Å². The van der Waals surface area contributed by atoms with Crippen molar-refractivity contribution >= 4 is 12.0 Å². The first-order valence-corrected chi connectivity index (χ1v) is 7.34. The van der Waals surface area contributed by atoms with Crippen LogP contribution in [0.4, 0.5) is 4.79 Å². The van der Waals surface area contributed by atoms with Crippen LogP contribution in [-0.2, 0) is 9.53 Å². The molecule has 0 aromatic heterocycles. The van der Waals surface area contributed by atoms with Crippen molar-refractivity contribution in [3.05, 3.63) is 0 Å². The monoisotopic (exact) mass is 284 g/mol. The second kappa shape index (κ2) is 5.99. The quantitative estimate of drug-likeness (QED) is 0.804. The van der Waals surface area contributed by atoms with Crippen molar-refractivity contribution in [3.63, 3.8) is 0 Å². The fourth-order valence-electron chi connectivity index (χ4n) is 3.10.